The number of morpholine rings is 1. The van der Waals surface area contributed by atoms with Crippen LogP contribution in [-0.2, 0) is 11.2 Å². The summed E-state index contributed by atoms with van der Waals surface area (Å²) in [4.78, 5) is 20.6. The Hall–Kier alpha value is -2.97. The summed E-state index contributed by atoms with van der Waals surface area (Å²) in [6.45, 7) is 3.80. The third-order valence-electron chi connectivity index (χ3n) is 7.10. The van der Waals surface area contributed by atoms with Crippen LogP contribution in [0.25, 0.3) is 22.5 Å². The molecule has 2 fully saturated rings. The molecule has 0 unspecified atom stereocenters. The highest BCUT2D eigenvalue weighted by Gasteiger charge is 2.30. The number of fused-ring (bicyclic) bond motifs is 3. The SMILES string of the molecule is Fc1cncc(-c2ccc3c(n2)-c2c(ncnc2NC2CCC(N4CCOCC4)CC2)C3)c1. The van der Waals surface area contributed by atoms with E-state index in [4.69, 9.17) is 9.72 Å². The van der Waals surface area contributed by atoms with Crippen LogP contribution >= 0.6 is 0 Å². The van der Waals surface area contributed by atoms with Crippen molar-refractivity contribution in [2.75, 3.05) is 31.6 Å². The van der Waals surface area contributed by atoms with Gasteiger partial charge in [0.1, 0.15) is 18.0 Å². The minimum Gasteiger partial charge on any atom is -0.379 e. The third kappa shape index (κ3) is 4.09. The summed E-state index contributed by atoms with van der Waals surface area (Å²) in [7, 11) is 0. The fourth-order valence-electron chi connectivity index (χ4n) is 5.38. The zero-order valence-corrected chi connectivity index (χ0v) is 18.5. The fourth-order valence-corrected chi connectivity index (χ4v) is 5.38. The van der Waals surface area contributed by atoms with E-state index in [1.165, 1.54) is 25.1 Å². The Balaban J connectivity index is 1.22. The third-order valence-corrected chi connectivity index (χ3v) is 7.10. The van der Waals surface area contributed by atoms with E-state index < -0.39 is 0 Å². The van der Waals surface area contributed by atoms with Crippen LogP contribution in [0.2, 0.25) is 0 Å². The molecule has 6 rings (SSSR count). The molecule has 0 atom stereocenters. The van der Waals surface area contributed by atoms with E-state index in [2.05, 4.69) is 31.2 Å². The molecule has 0 bridgehead atoms. The molecule has 3 aromatic rings. The molecule has 8 heteroatoms. The molecule has 7 nitrogen and oxygen atoms in total. The van der Waals surface area contributed by atoms with Gasteiger partial charge in [0.2, 0.25) is 0 Å². The smallest absolute Gasteiger partial charge is 0.142 e. The number of nitrogens with one attached hydrogen (secondary N) is 1. The molecular weight excluding hydrogens is 419 g/mol. The molecule has 0 spiro atoms. The molecule has 33 heavy (non-hydrogen) atoms. The van der Waals surface area contributed by atoms with Gasteiger partial charge in [-0.1, -0.05) is 6.07 Å². The zero-order valence-electron chi connectivity index (χ0n) is 18.5. The van der Waals surface area contributed by atoms with Crippen LogP contribution < -0.4 is 5.32 Å². The summed E-state index contributed by atoms with van der Waals surface area (Å²) < 4.78 is 19.2. The van der Waals surface area contributed by atoms with Gasteiger partial charge in [-0.25, -0.2) is 19.3 Å². The molecule has 0 amide bonds. The normalized spacial score (nSPS) is 22.6. The molecule has 0 aromatic carbocycles. The van der Waals surface area contributed by atoms with Gasteiger partial charge in [0.15, 0.2) is 0 Å². The Kier molecular flexibility index (Phi) is 5.47. The molecule has 1 aliphatic heterocycles. The van der Waals surface area contributed by atoms with Gasteiger partial charge in [-0.2, -0.15) is 0 Å². The molecule has 1 saturated heterocycles. The molecule has 1 N–H and O–H groups in total. The number of hydrogen-bond donors (Lipinski definition) is 1. The lowest BCUT2D eigenvalue weighted by Gasteiger charge is -2.39. The van der Waals surface area contributed by atoms with E-state index in [9.17, 15) is 4.39 Å². The number of aromatic nitrogens is 4. The summed E-state index contributed by atoms with van der Waals surface area (Å²) in [5.74, 6) is 0.490. The van der Waals surface area contributed by atoms with E-state index in [1.807, 2.05) is 6.07 Å². The van der Waals surface area contributed by atoms with Gasteiger partial charge in [0.05, 0.1) is 42.1 Å². The second-order valence-corrected chi connectivity index (χ2v) is 9.11. The molecular formula is C25H27FN6O. The number of anilines is 1. The zero-order chi connectivity index (χ0) is 22.2. The summed E-state index contributed by atoms with van der Waals surface area (Å²) in [5.41, 5.74) is 5.35. The lowest BCUT2D eigenvalue weighted by molar-refractivity contribution is 0.00791. The lowest BCUT2D eigenvalue weighted by Crippen LogP contribution is -2.46. The van der Waals surface area contributed by atoms with E-state index in [1.54, 1.807) is 12.5 Å². The van der Waals surface area contributed by atoms with Crippen LogP contribution in [0.1, 0.15) is 36.9 Å². The first kappa shape index (κ1) is 20.6. The summed E-state index contributed by atoms with van der Waals surface area (Å²) in [6, 6.07) is 6.50. The van der Waals surface area contributed by atoms with Crippen molar-refractivity contribution >= 4 is 5.82 Å². The van der Waals surface area contributed by atoms with E-state index in [0.29, 0.717) is 23.3 Å². The minimum atomic E-state index is -0.367. The number of pyridine rings is 2. The molecule has 0 radical (unpaired) electrons. The van der Waals surface area contributed by atoms with Gasteiger partial charge in [-0.05, 0) is 43.4 Å². The van der Waals surface area contributed by atoms with Crippen molar-refractivity contribution < 1.29 is 9.13 Å². The second kappa shape index (κ2) is 8.76. The first-order chi connectivity index (χ1) is 16.2. The largest absolute Gasteiger partial charge is 0.379 e. The van der Waals surface area contributed by atoms with Crippen molar-refractivity contribution in [1.29, 1.82) is 0 Å². The predicted octanol–water partition coefficient (Wildman–Crippen LogP) is 3.70. The number of ether oxygens (including phenoxy) is 1. The highest BCUT2D eigenvalue weighted by molar-refractivity contribution is 5.82. The highest BCUT2D eigenvalue weighted by Crippen LogP contribution is 2.40. The molecule has 170 valence electrons. The Bertz CT molecular complexity index is 1160. The molecule has 3 aromatic heterocycles. The molecule has 4 heterocycles. The Labute approximate surface area is 192 Å². The van der Waals surface area contributed by atoms with E-state index >= 15 is 0 Å². The van der Waals surface area contributed by atoms with Crippen LogP contribution in [0.5, 0.6) is 0 Å². The minimum absolute atomic E-state index is 0.367. The van der Waals surface area contributed by atoms with Crippen LogP contribution in [0.15, 0.2) is 36.9 Å². The van der Waals surface area contributed by atoms with Crippen molar-refractivity contribution in [3.63, 3.8) is 0 Å². The number of rotatable bonds is 4. The molecule has 3 aliphatic rings. The van der Waals surface area contributed by atoms with Crippen LogP contribution in [0.3, 0.4) is 0 Å². The predicted molar refractivity (Wildman–Crippen MR) is 123 cm³/mol. The number of halogens is 1. The molecule has 1 saturated carbocycles. The second-order valence-electron chi connectivity index (χ2n) is 9.11. The van der Waals surface area contributed by atoms with Crippen LogP contribution in [0, 0.1) is 5.82 Å². The van der Waals surface area contributed by atoms with Crippen molar-refractivity contribution in [1.82, 2.24) is 24.8 Å². The van der Waals surface area contributed by atoms with Crippen molar-refractivity contribution in [3.8, 4) is 22.5 Å². The van der Waals surface area contributed by atoms with E-state index in [0.717, 1.165) is 73.9 Å². The van der Waals surface area contributed by atoms with Crippen LogP contribution in [-0.4, -0.2) is 63.2 Å². The Morgan fingerprint density at radius 1 is 1.03 bits per heavy atom. The maximum absolute atomic E-state index is 13.7. The topological polar surface area (TPSA) is 76.1 Å². The maximum Gasteiger partial charge on any atom is 0.142 e. The molecule has 2 aliphatic carbocycles. The van der Waals surface area contributed by atoms with Crippen molar-refractivity contribution in [2.45, 2.75) is 44.2 Å². The Morgan fingerprint density at radius 2 is 1.88 bits per heavy atom. The standard InChI is InChI=1S/C25H27FN6O/c26-18-11-17(13-27-14-18)21-6-1-16-12-22-23(24(16)31-21)25(29-15-28-22)30-19-2-4-20(5-3-19)32-7-9-33-10-8-32/h1,6,11,13-15,19-20H,2-5,7-10,12H2,(H,28,29,30). The van der Waals surface area contributed by atoms with Crippen molar-refractivity contribution in [2.24, 2.45) is 0 Å². The lowest BCUT2D eigenvalue weighted by atomic mass is 9.90. The van der Waals surface area contributed by atoms with Gasteiger partial charge in [0, 0.05) is 43.4 Å². The van der Waals surface area contributed by atoms with Crippen LogP contribution in [0.4, 0.5) is 10.2 Å². The first-order valence-electron chi connectivity index (χ1n) is 11.8. The highest BCUT2D eigenvalue weighted by atomic mass is 19.1. The maximum atomic E-state index is 13.7. The summed E-state index contributed by atoms with van der Waals surface area (Å²) in [5, 5.41) is 3.71. The van der Waals surface area contributed by atoms with Gasteiger partial charge < -0.3 is 10.1 Å². The number of nitrogens with zero attached hydrogens (tertiary/aromatic N) is 5. The van der Waals surface area contributed by atoms with Gasteiger partial charge in [0.25, 0.3) is 0 Å². The Morgan fingerprint density at radius 3 is 2.70 bits per heavy atom. The average molecular weight is 447 g/mol. The van der Waals surface area contributed by atoms with E-state index in [-0.39, 0.29) is 5.82 Å². The summed E-state index contributed by atoms with van der Waals surface area (Å²) in [6.07, 6.45) is 9.85. The fraction of sp³-hybridized carbons (Fsp3) is 0.440. The van der Waals surface area contributed by atoms with Gasteiger partial charge >= 0.3 is 0 Å². The summed E-state index contributed by atoms with van der Waals surface area (Å²) >= 11 is 0. The monoisotopic (exact) mass is 446 g/mol. The van der Waals surface area contributed by atoms with Gasteiger partial charge in [-0.3, -0.25) is 9.88 Å². The van der Waals surface area contributed by atoms with Gasteiger partial charge in [-0.15, -0.1) is 0 Å². The first-order valence-corrected chi connectivity index (χ1v) is 11.8. The quantitative estimate of drug-likeness (QED) is 0.512. The number of hydrogen-bond acceptors (Lipinski definition) is 7. The average Bonchev–Trinajstić information content (AvgIpc) is 3.24. The van der Waals surface area contributed by atoms with Crippen molar-refractivity contribution in [3.05, 3.63) is 54.0 Å².